The maximum Gasteiger partial charge on any atom is 0.416 e. The molecule has 4 heterocycles. The molecule has 1 aromatic carbocycles. The number of aliphatic hydroxyl groups excluding tert-OH is 1. The van der Waals surface area contributed by atoms with Gasteiger partial charge in [-0.3, -0.25) is 25.0 Å². The van der Waals surface area contributed by atoms with E-state index in [2.05, 4.69) is 32.6 Å². The Kier molecular flexibility index (Phi) is 7.16. The Hall–Kier alpha value is -4.87. The van der Waals surface area contributed by atoms with Gasteiger partial charge in [0.15, 0.2) is 0 Å². The zero-order chi connectivity index (χ0) is 28.4. The van der Waals surface area contributed by atoms with Crippen molar-refractivity contribution in [2.45, 2.75) is 18.6 Å². The summed E-state index contributed by atoms with van der Waals surface area (Å²) in [7, 11) is 0. The number of nitrogens with two attached hydrogens (primary N) is 1. The van der Waals surface area contributed by atoms with Crippen molar-refractivity contribution in [2.75, 3.05) is 25.0 Å². The number of halogens is 3. The number of carbonyl (C=O) groups is 2. The van der Waals surface area contributed by atoms with Crippen LogP contribution in [0.5, 0.6) is 0 Å². The molecule has 3 aliphatic heterocycles. The maximum atomic E-state index is 13.0. The van der Waals surface area contributed by atoms with Crippen LogP contribution >= 0.6 is 0 Å². The van der Waals surface area contributed by atoms with E-state index in [0.717, 1.165) is 18.3 Å². The number of nitrogens with zero attached hydrogens (tertiary/aromatic N) is 5. The van der Waals surface area contributed by atoms with Crippen molar-refractivity contribution in [2.24, 2.45) is 10.8 Å². The van der Waals surface area contributed by atoms with Gasteiger partial charge >= 0.3 is 6.18 Å². The topological polar surface area (TPSA) is 139 Å². The summed E-state index contributed by atoms with van der Waals surface area (Å²) in [6.07, 6.45) is 0.164. The Morgan fingerprint density at radius 3 is 2.73 bits per heavy atom. The minimum absolute atomic E-state index is 0.120. The first-order valence-corrected chi connectivity index (χ1v) is 12.1. The number of pyridine rings is 1. The molecule has 1 fully saturated rings. The van der Waals surface area contributed by atoms with Crippen LogP contribution < -0.4 is 16.6 Å². The summed E-state index contributed by atoms with van der Waals surface area (Å²) in [5.74, 6) is 9.78. The van der Waals surface area contributed by atoms with Crippen molar-refractivity contribution in [3.05, 3.63) is 76.9 Å². The zero-order valence-corrected chi connectivity index (χ0v) is 20.8. The number of aliphatic hydroxyl groups is 1. The molecule has 1 aromatic heterocycles. The monoisotopic (exact) mass is 552 g/mol. The Balaban J connectivity index is 1.33. The lowest BCUT2D eigenvalue weighted by Gasteiger charge is -2.29. The van der Waals surface area contributed by atoms with E-state index in [-0.39, 0.29) is 23.3 Å². The normalized spacial score (nSPS) is 18.2. The molecule has 0 aliphatic carbocycles. The third-order valence-corrected chi connectivity index (χ3v) is 6.47. The van der Waals surface area contributed by atoms with Crippen LogP contribution in [-0.2, 0) is 11.0 Å². The Morgan fingerprint density at radius 1 is 1.23 bits per heavy atom. The average Bonchev–Trinajstić information content (AvgIpc) is 3.58. The SMILES string of the molecule is NN1C=NC=C2C1=C(c1ccc(C(=O)Nc3cc(C(F)(F)F)ccn3)cc1)NN2[C@@H]1CCN(C(=O)C#CCO)C1. The van der Waals surface area contributed by atoms with Gasteiger partial charge in [-0.15, -0.1) is 0 Å². The van der Waals surface area contributed by atoms with Crippen molar-refractivity contribution in [3.8, 4) is 11.8 Å². The van der Waals surface area contributed by atoms with E-state index in [4.69, 9.17) is 10.9 Å². The number of aromatic nitrogens is 1. The first-order valence-electron chi connectivity index (χ1n) is 12.1. The van der Waals surface area contributed by atoms with Gasteiger partial charge in [0.2, 0.25) is 0 Å². The van der Waals surface area contributed by atoms with Crippen LogP contribution in [0.4, 0.5) is 19.0 Å². The van der Waals surface area contributed by atoms with Crippen molar-refractivity contribution >= 4 is 29.7 Å². The highest BCUT2D eigenvalue weighted by atomic mass is 19.4. The van der Waals surface area contributed by atoms with Gasteiger partial charge in [0.05, 0.1) is 23.5 Å². The second kappa shape index (κ2) is 10.7. The Morgan fingerprint density at radius 2 is 2.00 bits per heavy atom. The number of amides is 2. The number of fused-ring (bicyclic) bond motifs is 1. The summed E-state index contributed by atoms with van der Waals surface area (Å²) >= 11 is 0. The summed E-state index contributed by atoms with van der Waals surface area (Å²) in [6, 6.07) is 7.90. The standard InChI is InChI=1S/C26H23F3N8O3/c27-26(28,29)18-7-9-32-21(12-18)33-25(40)17-5-3-16(4-6-17)23-24-20(13-31-15-36(24)30)37(34-23)19-8-10-35(14-19)22(39)2-1-11-38/h3-7,9,12-13,15,19,34,38H,8,10-11,14,30H2,(H,32,33,40)/t19-/m1/s1. The third kappa shape index (κ3) is 5.33. The smallest absolute Gasteiger partial charge is 0.384 e. The predicted octanol–water partition coefficient (Wildman–Crippen LogP) is 1.50. The third-order valence-electron chi connectivity index (χ3n) is 6.47. The van der Waals surface area contributed by atoms with E-state index in [9.17, 15) is 22.8 Å². The molecule has 5 N–H and O–H groups in total. The van der Waals surface area contributed by atoms with Crippen LogP contribution in [-0.4, -0.2) is 68.9 Å². The molecule has 11 nitrogen and oxygen atoms in total. The molecule has 14 heteroatoms. The van der Waals surface area contributed by atoms with Crippen LogP contribution in [0.1, 0.15) is 27.9 Å². The molecule has 0 bridgehead atoms. The molecule has 40 heavy (non-hydrogen) atoms. The number of benzene rings is 1. The second-order valence-corrected chi connectivity index (χ2v) is 9.00. The van der Waals surface area contributed by atoms with Gasteiger partial charge in [0, 0.05) is 30.4 Å². The second-order valence-electron chi connectivity index (χ2n) is 9.00. The van der Waals surface area contributed by atoms with E-state index in [1.807, 2.05) is 5.01 Å². The largest absolute Gasteiger partial charge is 0.416 e. The number of aliphatic imine (C=N–C) groups is 1. The highest BCUT2D eigenvalue weighted by molar-refractivity contribution is 6.04. The molecule has 1 atom stereocenters. The fourth-order valence-corrected chi connectivity index (χ4v) is 4.57. The number of alkyl halides is 3. The van der Waals surface area contributed by atoms with E-state index in [1.54, 1.807) is 23.2 Å². The lowest BCUT2D eigenvalue weighted by atomic mass is 10.1. The van der Waals surface area contributed by atoms with Crippen LogP contribution in [0.25, 0.3) is 5.70 Å². The van der Waals surface area contributed by atoms with Crippen molar-refractivity contribution in [3.63, 3.8) is 0 Å². The predicted molar refractivity (Wildman–Crippen MR) is 138 cm³/mol. The van der Waals surface area contributed by atoms with Gasteiger partial charge in [-0.1, -0.05) is 18.1 Å². The molecule has 5 rings (SSSR count). The number of hydrazine groups is 2. The molecule has 0 saturated carbocycles. The molecule has 1 saturated heterocycles. The van der Waals surface area contributed by atoms with Crippen molar-refractivity contribution in [1.82, 2.24) is 25.3 Å². The van der Waals surface area contributed by atoms with Gasteiger partial charge in [-0.2, -0.15) is 13.2 Å². The van der Waals surface area contributed by atoms with Crippen LogP contribution in [0.15, 0.2) is 65.2 Å². The zero-order valence-electron chi connectivity index (χ0n) is 20.8. The van der Waals surface area contributed by atoms with Gasteiger partial charge < -0.3 is 15.3 Å². The van der Waals surface area contributed by atoms with Gasteiger partial charge in [-0.05, 0) is 36.6 Å². The summed E-state index contributed by atoms with van der Waals surface area (Å²) < 4.78 is 38.9. The maximum absolute atomic E-state index is 13.0. The summed E-state index contributed by atoms with van der Waals surface area (Å²) in [5, 5.41) is 14.5. The van der Waals surface area contributed by atoms with Crippen molar-refractivity contribution in [1.29, 1.82) is 0 Å². The van der Waals surface area contributed by atoms with Crippen LogP contribution in [0.3, 0.4) is 0 Å². The minimum Gasteiger partial charge on any atom is -0.384 e. The molecule has 2 amide bonds. The summed E-state index contributed by atoms with van der Waals surface area (Å²) in [5.41, 5.74) is 5.28. The van der Waals surface area contributed by atoms with Crippen molar-refractivity contribution < 1.29 is 27.9 Å². The Labute approximate surface area is 226 Å². The highest BCUT2D eigenvalue weighted by Crippen LogP contribution is 2.36. The molecule has 0 spiro atoms. The van der Waals surface area contributed by atoms with Crippen LogP contribution in [0, 0.1) is 11.8 Å². The fourth-order valence-electron chi connectivity index (χ4n) is 4.57. The van der Waals surface area contributed by atoms with Gasteiger partial charge in [0.1, 0.15) is 30.2 Å². The molecular formula is C26H23F3N8O3. The fraction of sp³-hybridized carbons (Fsp3) is 0.231. The number of hydrogen-bond acceptors (Lipinski definition) is 9. The average molecular weight is 553 g/mol. The lowest BCUT2D eigenvalue weighted by molar-refractivity contribution is -0.137. The number of anilines is 1. The minimum atomic E-state index is -4.56. The molecule has 3 aliphatic rings. The van der Waals surface area contributed by atoms with Gasteiger partial charge in [-0.25, -0.2) is 15.8 Å². The molecule has 0 unspecified atom stereocenters. The molecular weight excluding hydrogens is 529 g/mol. The van der Waals surface area contributed by atoms with E-state index >= 15 is 0 Å². The first kappa shape index (κ1) is 26.7. The molecule has 2 aromatic rings. The lowest BCUT2D eigenvalue weighted by Crippen LogP contribution is -2.43. The Bertz CT molecular complexity index is 1490. The number of carbonyl (C=O) groups excluding carboxylic acids is 2. The van der Waals surface area contributed by atoms with E-state index in [1.165, 1.54) is 23.5 Å². The van der Waals surface area contributed by atoms with Gasteiger partial charge in [0.25, 0.3) is 11.8 Å². The number of hydrogen-bond donors (Lipinski definition) is 4. The highest BCUT2D eigenvalue weighted by Gasteiger charge is 2.39. The summed E-state index contributed by atoms with van der Waals surface area (Å²) in [6.45, 7) is 0.480. The number of rotatable bonds is 4. The summed E-state index contributed by atoms with van der Waals surface area (Å²) in [4.78, 5) is 34.6. The van der Waals surface area contributed by atoms with E-state index in [0.29, 0.717) is 42.2 Å². The molecule has 0 radical (unpaired) electrons. The number of likely N-dealkylation sites (tertiary alicyclic amines) is 1. The number of nitrogens with one attached hydrogen (secondary N) is 2. The molecule has 206 valence electrons. The first-order chi connectivity index (χ1) is 19.2. The van der Waals surface area contributed by atoms with E-state index < -0.39 is 24.3 Å². The quantitative estimate of drug-likeness (QED) is 0.331. The van der Waals surface area contributed by atoms with Crippen LogP contribution in [0.2, 0.25) is 0 Å².